The van der Waals surface area contributed by atoms with Crippen LogP contribution in [0.3, 0.4) is 0 Å². The summed E-state index contributed by atoms with van der Waals surface area (Å²) in [6, 6.07) is 4.18. The molecule has 0 bridgehead atoms. The van der Waals surface area contributed by atoms with Crippen molar-refractivity contribution in [1.29, 1.82) is 0 Å². The Morgan fingerprint density at radius 2 is 2.10 bits per heavy atom. The van der Waals surface area contributed by atoms with E-state index < -0.39 is 0 Å². The fourth-order valence-corrected chi connectivity index (χ4v) is 3.33. The van der Waals surface area contributed by atoms with E-state index in [0.717, 1.165) is 41.0 Å². The van der Waals surface area contributed by atoms with Crippen LogP contribution in [0.5, 0.6) is 11.5 Å². The van der Waals surface area contributed by atoms with Crippen molar-refractivity contribution in [3.63, 3.8) is 0 Å². The van der Waals surface area contributed by atoms with Crippen LogP contribution < -0.4 is 14.8 Å². The molecule has 4 nitrogen and oxygen atoms in total. The van der Waals surface area contributed by atoms with Crippen molar-refractivity contribution < 1.29 is 19.9 Å². The fraction of sp³-hybridized carbons (Fsp3) is 0.600. The summed E-state index contributed by atoms with van der Waals surface area (Å²) < 4.78 is 12.7. The molecule has 5 heteroatoms. The van der Waals surface area contributed by atoms with Crippen LogP contribution in [-0.4, -0.2) is 31.5 Å². The third-order valence-corrected chi connectivity index (χ3v) is 4.39. The second-order valence-corrected chi connectivity index (χ2v) is 6.30. The minimum absolute atomic E-state index is 0.205. The van der Waals surface area contributed by atoms with E-state index in [9.17, 15) is 0 Å². The molecule has 0 radical (unpaired) electrons. The van der Waals surface area contributed by atoms with Crippen LogP contribution in [0.25, 0.3) is 0 Å². The first kappa shape index (κ1) is 15.9. The molecule has 1 aromatic carbocycles. The van der Waals surface area contributed by atoms with Crippen molar-refractivity contribution >= 4 is 22.6 Å². The molecule has 1 aromatic rings. The highest BCUT2D eigenvalue weighted by atomic mass is 127. The van der Waals surface area contributed by atoms with Gasteiger partial charge in [-0.2, -0.15) is 0 Å². The molecule has 2 rings (SSSR count). The predicted octanol–water partition coefficient (Wildman–Crippen LogP) is 1.68. The van der Waals surface area contributed by atoms with Gasteiger partial charge in [-0.15, -0.1) is 0 Å². The highest BCUT2D eigenvalue weighted by Gasteiger charge is 2.20. The summed E-state index contributed by atoms with van der Waals surface area (Å²) in [6.07, 6.45) is 5.15. The molecule has 0 atom stereocenters. The van der Waals surface area contributed by atoms with E-state index in [2.05, 4.69) is 34.0 Å². The van der Waals surface area contributed by atoms with E-state index in [0.29, 0.717) is 6.10 Å². The number of quaternary nitrogens is 1. The van der Waals surface area contributed by atoms with Gasteiger partial charge in [0.15, 0.2) is 11.5 Å². The summed E-state index contributed by atoms with van der Waals surface area (Å²) in [6.45, 7) is 1.77. The SMILES string of the molecule is COc1cc(C[NH2+]CCO)cc(I)c1OC1CCCC1. The normalized spacial score (nSPS) is 15.6. The zero-order valence-electron chi connectivity index (χ0n) is 11.9. The number of benzene rings is 1. The Balaban J connectivity index is 2.10. The highest BCUT2D eigenvalue weighted by molar-refractivity contribution is 14.1. The molecule has 0 aliphatic heterocycles. The molecule has 3 N–H and O–H groups in total. The van der Waals surface area contributed by atoms with E-state index in [1.807, 2.05) is 6.07 Å². The number of hydrogen-bond acceptors (Lipinski definition) is 3. The van der Waals surface area contributed by atoms with Gasteiger partial charge >= 0.3 is 0 Å². The van der Waals surface area contributed by atoms with Gasteiger partial charge in [-0.25, -0.2) is 0 Å². The fourth-order valence-electron chi connectivity index (χ4n) is 2.54. The van der Waals surface area contributed by atoms with Crippen molar-refractivity contribution in [2.24, 2.45) is 0 Å². The van der Waals surface area contributed by atoms with Gasteiger partial charge in [0.2, 0.25) is 0 Å². The lowest BCUT2D eigenvalue weighted by Crippen LogP contribution is -2.83. The number of aliphatic hydroxyl groups excluding tert-OH is 1. The van der Waals surface area contributed by atoms with Gasteiger partial charge in [0.1, 0.15) is 6.54 Å². The Labute approximate surface area is 134 Å². The quantitative estimate of drug-likeness (QED) is 0.549. The Hall–Kier alpha value is -0.530. The first-order valence-electron chi connectivity index (χ1n) is 7.20. The van der Waals surface area contributed by atoms with Crippen molar-refractivity contribution in [3.8, 4) is 11.5 Å². The largest absolute Gasteiger partial charge is 0.493 e. The van der Waals surface area contributed by atoms with Crippen LogP contribution in [0.4, 0.5) is 0 Å². The number of rotatable bonds is 7. The molecular formula is C15H23INO3+. The van der Waals surface area contributed by atoms with E-state index in [1.54, 1.807) is 7.11 Å². The van der Waals surface area contributed by atoms with E-state index in [4.69, 9.17) is 14.6 Å². The summed E-state index contributed by atoms with van der Waals surface area (Å²) >= 11 is 2.31. The van der Waals surface area contributed by atoms with Gasteiger partial charge in [-0.3, -0.25) is 0 Å². The van der Waals surface area contributed by atoms with E-state index >= 15 is 0 Å². The summed E-state index contributed by atoms with van der Waals surface area (Å²) in [7, 11) is 1.69. The van der Waals surface area contributed by atoms with Crippen LogP contribution in [0, 0.1) is 3.57 Å². The smallest absolute Gasteiger partial charge is 0.174 e. The van der Waals surface area contributed by atoms with Crippen molar-refractivity contribution in [1.82, 2.24) is 0 Å². The van der Waals surface area contributed by atoms with Gasteiger partial charge in [0, 0.05) is 5.56 Å². The molecule has 1 saturated carbocycles. The highest BCUT2D eigenvalue weighted by Crippen LogP contribution is 2.36. The minimum atomic E-state index is 0.205. The van der Waals surface area contributed by atoms with E-state index in [-0.39, 0.29) is 6.61 Å². The lowest BCUT2D eigenvalue weighted by atomic mass is 10.2. The zero-order chi connectivity index (χ0) is 14.4. The molecule has 1 aliphatic carbocycles. The first-order chi connectivity index (χ1) is 9.74. The molecule has 0 spiro atoms. The van der Waals surface area contributed by atoms with Gasteiger partial charge in [0.05, 0.1) is 29.9 Å². The second kappa shape index (κ2) is 8.05. The molecular weight excluding hydrogens is 369 g/mol. The number of nitrogens with two attached hydrogens (primary N) is 1. The van der Waals surface area contributed by atoms with Gasteiger partial charge in [-0.05, 0) is 60.4 Å². The van der Waals surface area contributed by atoms with Crippen LogP contribution in [0.1, 0.15) is 31.2 Å². The maximum Gasteiger partial charge on any atom is 0.174 e. The first-order valence-corrected chi connectivity index (χ1v) is 8.28. The zero-order valence-corrected chi connectivity index (χ0v) is 14.1. The Bertz CT molecular complexity index is 433. The third kappa shape index (κ3) is 4.23. The molecule has 0 aromatic heterocycles. The summed E-state index contributed by atoms with van der Waals surface area (Å²) in [5, 5.41) is 10.9. The Kier molecular flexibility index (Phi) is 6.38. The summed E-state index contributed by atoms with van der Waals surface area (Å²) in [5.41, 5.74) is 1.19. The van der Waals surface area contributed by atoms with Gasteiger partial charge < -0.3 is 19.9 Å². The molecule has 1 aliphatic rings. The average molecular weight is 392 g/mol. The monoisotopic (exact) mass is 392 g/mol. The lowest BCUT2D eigenvalue weighted by Gasteiger charge is -2.18. The minimum Gasteiger partial charge on any atom is -0.493 e. The van der Waals surface area contributed by atoms with Crippen LogP contribution in [0.15, 0.2) is 12.1 Å². The molecule has 0 unspecified atom stereocenters. The topological polar surface area (TPSA) is 55.3 Å². The summed E-state index contributed by atoms with van der Waals surface area (Å²) in [4.78, 5) is 0. The number of methoxy groups -OCH3 is 1. The van der Waals surface area contributed by atoms with Crippen LogP contribution >= 0.6 is 22.6 Å². The van der Waals surface area contributed by atoms with Crippen LogP contribution in [0.2, 0.25) is 0 Å². The summed E-state index contributed by atoms with van der Waals surface area (Å²) in [5.74, 6) is 1.70. The lowest BCUT2D eigenvalue weighted by molar-refractivity contribution is -0.671. The maximum atomic E-state index is 8.83. The molecule has 20 heavy (non-hydrogen) atoms. The number of ether oxygens (including phenoxy) is 2. The molecule has 0 amide bonds. The van der Waals surface area contributed by atoms with Gasteiger partial charge in [-0.1, -0.05) is 0 Å². The van der Waals surface area contributed by atoms with Crippen molar-refractivity contribution in [3.05, 3.63) is 21.3 Å². The van der Waals surface area contributed by atoms with E-state index in [1.165, 1.54) is 18.4 Å². The Morgan fingerprint density at radius 3 is 2.75 bits per heavy atom. The van der Waals surface area contributed by atoms with Crippen LogP contribution in [-0.2, 0) is 6.54 Å². The maximum absolute atomic E-state index is 8.83. The molecule has 0 saturated heterocycles. The van der Waals surface area contributed by atoms with Crippen molar-refractivity contribution in [2.45, 2.75) is 38.3 Å². The number of halogens is 1. The second-order valence-electron chi connectivity index (χ2n) is 5.14. The molecule has 112 valence electrons. The number of hydrogen-bond donors (Lipinski definition) is 2. The van der Waals surface area contributed by atoms with Crippen molar-refractivity contribution in [2.75, 3.05) is 20.3 Å². The Morgan fingerprint density at radius 1 is 1.35 bits per heavy atom. The standard InChI is InChI=1S/C15H22INO3/c1-19-14-9-11(10-17-6-7-18)8-13(16)15(14)20-12-4-2-3-5-12/h8-9,12,17-18H,2-7,10H2,1H3/p+1. The van der Waals surface area contributed by atoms with Gasteiger partial charge in [0.25, 0.3) is 0 Å². The molecule has 0 heterocycles. The number of aliphatic hydroxyl groups is 1. The average Bonchev–Trinajstić information content (AvgIpc) is 2.94. The molecule has 1 fully saturated rings. The third-order valence-electron chi connectivity index (χ3n) is 3.59. The predicted molar refractivity (Wildman–Crippen MR) is 86.2 cm³/mol.